The van der Waals surface area contributed by atoms with Crippen LogP contribution in [0, 0.1) is 5.92 Å². The van der Waals surface area contributed by atoms with E-state index in [9.17, 15) is 9.59 Å². The third kappa shape index (κ3) is 2.68. The summed E-state index contributed by atoms with van der Waals surface area (Å²) in [6.45, 7) is 6.38. The Kier molecular flexibility index (Phi) is 4.37. The van der Waals surface area contributed by atoms with Crippen molar-refractivity contribution in [3.05, 3.63) is 0 Å². The van der Waals surface area contributed by atoms with E-state index in [2.05, 4.69) is 5.32 Å². The van der Waals surface area contributed by atoms with Gasteiger partial charge in [0.05, 0.1) is 0 Å². The highest BCUT2D eigenvalue weighted by molar-refractivity contribution is 6.00. The van der Waals surface area contributed by atoms with Crippen LogP contribution in [-0.4, -0.2) is 48.1 Å². The highest BCUT2D eigenvalue weighted by Gasteiger charge is 2.53. The van der Waals surface area contributed by atoms with Crippen LogP contribution < -0.4 is 5.32 Å². The summed E-state index contributed by atoms with van der Waals surface area (Å²) in [5.41, 5.74) is -0.760. The maximum Gasteiger partial charge on any atom is 0.248 e. The molecule has 2 aliphatic rings. The normalized spacial score (nSPS) is 32.2. The molecule has 0 radical (unpaired) electrons. The molecule has 1 N–H and O–H groups in total. The Morgan fingerprint density at radius 1 is 1.45 bits per heavy atom. The van der Waals surface area contributed by atoms with Crippen LogP contribution in [0.2, 0.25) is 0 Å². The minimum Gasteiger partial charge on any atom is -0.385 e. The van der Waals surface area contributed by atoms with Gasteiger partial charge in [0, 0.05) is 19.8 Å². The standard InChI is InChI=1S/C15H26N2O3/c1-5-15(3)14(19)17(10(2)8-9-20-4)12(11-6-7-11)13(18)16-15/h10-12H,5-9H2,1-4H3,(H,16,18). The maximum atomic E-state index is 12.8. The van der Waals surface area contributed by atoms with E-state index in [0.29, 0.717) is 18.9 Å². The maximum absolute atomic E-state index is 12.8. The van der Waals surface area contributed by atoms with Crippen LogP contribution in [0.5, 0.6) is 0 Å². The number of methoxy groups -OCH3 is 1. The Labute approximate surface area is 121 Å². The molecule has 1 saturated heterocycles. The van der Waals surface area contributed by atoms with Gasteiger partial charge in [-0.05, 0) is 45.4 Å². The number of hydrogen-bond donors (Lipinski definition) is 1. The first kappa shape index (κ1) is 15.3. The number of ether oxygens (including phenoxy) is 1. The van der Waals surface area contributed by atoms with E-state index in [1.165, 1.54) is 0 Å². The van der Waals surface area contributed by atoms with Gasteiger partial charge in [0.2, 0.25) is 11.8 Å². The summed E-state index contributed by atoms with van der Waals surface area (Å²) >= 11 is 0. The fraction of sp³-hybridized carbons (Fsp3) is 0.867. The summed E-state index contributed by atoms with van der Waals surface area (Å²) in [4.78, 5) is 27.1. The SMILES string of the molecule is CCC1(C)NC(=O)C(C2CC2)N(C(C)CCOC)C1=O. The molecule has 1 saturated carbocycles. The lowest BCUT2D eigenvalue weighted by atomic mass is 9.89. The van der Waals surface area contributed by atoms with Crippen molar-refractivity contribution in [2.45, 2.75) is 64.1 Å². The Morgan fingerprint density at radius 3 is 2.60 bits per heavy atom. The lowest BCUT2D eigenvalue weighted by molar-refractivity contribution is -0.158. The van der Waals surface area contributed by atoms with Crippen molar-refractivity contribution in [2.24, 2.45) is 5.92 Å². The van der Waals surface area contributed by atoms with Crippen LogP contribution in [-0.2, 0) is 14.3 Å². The van der Waals surface area contributed by atoms with Gasteiger partial charge in [-0.1, -0.05) is 6.92 Å². The largest absolute Gasteiger partial charge is 0.385 e. The number of rotatable bonds is 6. The lowest BCUT2D eigenvalue weighted by Gasteiger charge is -2.47. The zero-order chi connectivity index (χ0) is 14.9. The van der Waals surface area contributed by atoms with E-state index in [4.69, 9.17) is 4.74 Å². The molecule has 2 amide bonds. The molecule has 1 aliphatic carbocycles. The van der Waals surface area contributed by atoms with Crippen LogP contribution in [0.1, 0.15) is 46.5 Å². The zero-order valence-corrected chi connectivity index (χ0v) is 12.9. The van der Waals surface area contributed by atoms with Gasteiger partial charge < -0.3 is 15.0 Å². The quantitative estimate of drug-likeness (QED) is 0.799. The van der Waals surface area contributed by atoms with Crippen LogP contribution in [0.15, 0.2) is 0 Å². The van der Waals surface area contributed by atoms with Crippen molar-refractivity contribution in [1.29, 1.82) is 0 Å². The molecule has 2 rings (SSSR count). The average molecular weight is 282 g/mol. The number of piperazine rings is 1. The van der Waals surface area contributed by atoms with E-state index in [0.717, 1.165) is 19.3 Å². The summed E-state index contributed by atoms with van der Waals surface area (Å²) < 4.78 is 5.12. The fourth-order valence-electron chi connectivity index (χ4n) is 2.93. The molecule has 3 atom stereocenters. The van der Waals surface area contributed by atoms with Gasteiger partial charge >= 0.3 is 0 Å². The van der Waals surface area contributed by atoms with Crippen molar-refractivity contribution >= 4 is 11.8 Å². The Balaban J connectivity index is 2.24. The zero-order valence-electron chi connectivity index (χ0n) is 12.9. The second-order valence-corrected chi connectivity index (χ2v) is 6.30. The molecular formula is C15H26N2O3. The molecule has 1 aliphatic heterocycles. The number of carbonyl (C=O) groups excluding carboxylic acids is 2. The van der Waals surface area contributed by atoms with Crippen molar-refractivity contribution in [1.82, 2.24) is 10.2 Å². The number of hydrogen-bond acceptors (Lipinski definition) is 3. The first-order valence-electron chi connectivity index (χ1n) is 7.58. The number of nitrogens with one attached hydrogen (secondary N) is 1. The molecule has 3 unspecified atom stereocenters. The van der Waals surface area contributed by atoms with Gasteiger partial charge in [0.25, 0.3) is 0 Å². The van der Waals surface area contributed by atoms with Gasteiger partial charge in [-0.3, -0.25) is 9.59 Å². The second-order valence-electron chi connectivity index (χ2n) is 6.30. The second kappa shape index (κ2) is 5.72. The van der Waals surface area contributed by atoms with E-state index >= 15 is 0 Å². The molecule has 5 heteroatoms. The van der Waals surface area contributed by atoms with Crippen LogP contribution in [0.25, 0.3) is 0 Å². The van der Waals surface area contributed by atoms with E-state index < -0.39 is 5.54 Å². The fourth-order valence-corrected chi connectivity index (χ4v) is 2.93. The summed E-state index contributed by atoms with van der Waals surface area (Å²) in [6.07, 6.45) is 3.46. The summed E-state index contributed by atoms with van der Waals surface area (Å²) in [6, 6.07) is -0.251. The third-order valence-electron chi connectivity index (χ3n) is 4.66. The smallest absolute Gasteiger partial charge is 0.248 e. The van der Waals surface area contributed by atoms with Crippen molar-refractivity contribution < 1.29 is 14.3 Å². The van der Waals surface area contributed by atoms with Crippen LogP contribution in [0.4, 0.5) is 0 Å². The monoisotopic (exact) mass is 282 g/mol. The first-order valence-corrected chi connectivity index (χ1v) is 7.58. The van der Waals surface area contributed by atoms with E-state index in [1.54, 1.807) is 7.11 Å². The predicted molar refractivity (Wildman–Crippen MR) is 76.2 cm³/mol. The lowest BCUT2D eigenvalue weighted by Crippen LogP contribution is -2.71. The molecule has 0 bridgehead atoms. The highest BCUT2D eigenvalue weighted by Crippen LogP contribution is 2.39. The van der Waals surface area contributed by atoms with Gasteiger partial charge in [-0.25, -0.2) is 0 Å². The highest BCUT2D eigenvalue weighted by atomic mass is 16.5. The van der Waals surface area contributed by atoms with Crippen LogP contribution >= 0.6 is 0 Å². The molecular weight excluding hydrogens is 256 g/mol. The minimum atomic E-state index is -0.760. The van der Waals surface area contributed by atoms with Crippen molar-refractivity contribution in [3.63, 3.8) is 0 Å². The van der Waals surface area contributed by atoms with Crippen molar-refractivity contribution in [2.75, 3.05) is 13.7 Å². The van der Waals surface area contributed by atoms with E-state index in [-0.39, 0.29) is 23.9 Å². The predicted octanol–water partition coefficient (Wildman–Crippen LogP) is 1.32. The van der Waals surface area contributed by atoms with Gasteiger partial charge in [-0.2, -0.15) is 0 Å². The van der Waals surface area contributed by atoms with Crippen molar-refractivity contribution in [3.8, 4) is 0 Å². The van der Waals surface area contributed by atoms with Gasteiger partial charge in [0.1, 0.15) is 11.6 Å². The molecule has 2 fully saturated rings. The molecule has 0 aromatic rings. The molecule has 114 valence electrons. The van der Waals surface area contributed by atoms with Crippen LogP contribution in [0.3, 0.4) is 0 Å². The number of nitrogens with zero attached hydrogens (tertiary/aromatic N) is 1. The topological polar surface area (TPSA) is 58.6 Å². The summed E-state index contributed by atoms with van der Waals surface area (Å²) in [7, 11) is 1.66. The Hall–Kier alpha value is -1.10. The molecule has 5 nitrogen and oxygen atoms in total. The molecule has 1 heterocycles. The average Bonchev–Trinajstić information content (AvgIpc) is 3.24. The third-order valence-corrected chi connectivity index (χ3v) is 4.66. The molecule has 0 spiro atoms. The van der Waals surface area contributed by atoms with Gasteiger partial charge in [-0.15, -0.1) is 0 Å². The summed E-state index contributed by atoms with van der Waals surface area (Å²) in [5, 5.41) is 2.94. The minimum absolute atomic E-state index is 0.0146. The Bertz CT molecular complexity index is 395. The first-order chi connectivity index (χ1) is 9.44. The van der Waals surface area contributed by atoms with Gasteiger partial charge in [0.15, 0.2) is 0 Å². The summed E-state index contributed by atoms with van der Waals surface area (Å²) in [5.74, 6) is 0.408. The van der Waals surface area contributed by atoms with E-state index in [1.807, 2.05) is 25.7 Å². The molecule has 20 heavy (non-hydrogen) atoms. The molecule has 0 aromatic heterocycles. The molecule has 0 aromatic carbocycles. The number of amides is 2. The number of carbonyl (C=O) groups is 2. The Morgan fingerprint density at radius 2 is 2.10 bits per heavy atom.